The molecule has 0 saturated carbocycles. The van der Waals surface area contributed by atoms with E-state index in [1.54, 1.807) is 16.8 Å². The Bertz CT molecular complexity index is 594. The SMILES string of the molecule is COC(=O)/C(=C/c1ccccc1Cl)Cn1cncn1. The van der Waals surface area contributed by atoms with Crippen molar-refractivity contribution < 1.29 is 9.53 Å². The summed E-state index contributed by atoms with van der Waals surface area (Å²) in [5, 5.41) is 4.53. The fourth-order valence-corrected chi connectivity index (χ4v) is 1.76. The van der Waals surface area contributed by atoms with E-state index < -0.39 is 5.97 Å². The maximum Gasteiger partial charge on any atom is 0.335 e. The molecule has 0 N–H and O–H groups in total. The molecule has 0 fully saturated rings. The van der Waals surface area contributed by atoms with E-state index in [9.17, 15) is 4.79 Å². The van der Waals surface area contributed by atoms with Crippen LogP contribution < -0.4 is 0 Å². The summed E-state index contributed by atoms with van der Waals surface area (Å²) < 4.78 is 6.30. The molecule has 0 saturated heterocycles. The quantitative estimate of drug-likeness (QED) is 0.635. The number of benzene rings is 1. The molecule has 19 heavy (non-hydrogen) atoms. The maximum atomic E-state index is 11.8. The average Bonchev–Trinajstić information content (AvgIpc) is 2.92. The molecular formula is C13H12ClN3O2. The number of carbonyl (C=O) groups is 1. The summed E-state index contributed by atoms with van der Waals surface area (Å²) in [4.78, 5) is 15.6. The van der Waals surface area contributed by atoms with Crippen molar-refractivity contribution in [3.05, 3.63) is 53.1 Å². The Labute approximate surface area is 115 Å². The van der Waals surface area contributed by atoms with Crippen LogP contribution in [0, 0.1) is 0 Å². The summed E-state index contributed by atoms with van der Waals surface area (Å²) in [5.74, 6) is -0.421. The van der Waals surface area contributed by atoms with Crippen molar-refractivity contribution in [1.29, 1.82) is 0 Å². The Hall–Kier alpha value is -2.14. The molecule has 2 aromatic rings. The minimum atomic E-state index is -0.421. The molecule has 0 amide bonds. The second kappa shape index (κ2) is 6.15. The van der Waals surface area contributed by atoms with Gasteiger partial charge < -0.3 is 4.74 Å². The van der Waals surface area contributed by atoms with Gasteiger partial charge in [-0.15, -0.1) is 0 Å². The van der Waals surface area contributed by atoms with Crippen LogP contribution in [0.5, 0.6) is 0 Å². The van der Waals surface area contributed by atoms with Crippen LogP contribution in [0.4, 0.5) is 0 Å². The maximum absolute atomic E-state index is 11.8. The van der Waals surface area contributed by atoms with Crippen LogP contribution in [0.15, 0.2) is 42.5 Å². The van der Waals surface area contributed by atoms with Gasteiger partial charge in [0.05, 0.1) is 19.2 Å². The van der Waals surface area contributed by atoms with Gasteiger partial charge in [0, 0.05) is 5.02 Å². The highest BCUT2D eigenvalue weighted by Crippen LogP contribution is 2.19. The Morgan fingerprint density at radius 2 is 2.26 bits per heavy atom. The number of ether oxygens (including phenoxy) is 1. The summed E-state index contributed by atoms with van der Waals surface area (Å²) in [5.41, 5.74) is 1.20. The smallest absolute Gasteiger partial charge is 0.335 e. The van der Waals surface area contributed by atoms with Crippen LogP contribution >= 0.6 is 11.6 Å². The zero-order chi connectivity index (χ0) is 13.7. The third kappa shape index (κ3) is 3.42. The van der Waals surface area contributed by atoms with Gasteiger partial charge in [-0.1, -0.05) is 29.8 Å². The lowest BCUT2D eigenvalue weighted by Gasteiger charge is -2.06. The van der Waals surface area contributed by atoms with Gasteiger partial charge in [0.25, 0.3) is 0 Å². The van der Waals surface area contributed by atoms with Crippen molar-refractivity contribution in [2.24, 2.45) is 0 Å². The van der Waals surface area contributed by atoms with Crippen molar-refractivity contribution in [2.45, 2.75) is 6.54 Å². The fraction of sp³-hybridized carbons (Fsp3) is 0.154. The van der Waals surface area contributed by atoms with E-state index in [4.69, 9.17) is 16.3 Å². The Kier molecular flexibility index (Phi) is 4.30. The fourth-order valence-electron chi connectivity index (χ4n) is 1.57. The molecule has 0 atom stereocenters. The second-order valence-corrected chi connectivity index (χ2v) is 4.18. The van der Waals surface area contributed by atoms with Gasteiger partial charge in [-0.3, -0.25) is 0 Å². The van der Waals surface area contributed by atoms with Crippen LogP contribution in [0.3, 0.4) is 0 Å². The third-order valence-corrected chi connectivity index (χ3v) is 2.83. The highest BCUT2D eigenvalue weighted by molar-refractivity contribution is 6.32. The zero-order valence-corrected chi connectivity index (χ0v) is 11.0. The molecule has 0 unspecified atom stereocenters. The largest absolute Gasteiger partial charge is 0.466 e. The molecule has 0 aliphatic heterocycles. The van der Waals surface area contributed by atoms with Crippen LogP contribution in [0.2, 0.25) is 5.02 Å². The summed E-state index contributed by atoms with van der Waals surface area (Å²) in [7, 11) is 1.34. The van der Waals surface area contributed by atoms with E-state index in [2.05, 4.69) is 10.1 Å². The minimum absolute atomic E-state index is 0.276. The van der Waals surface area contributed by atoms with Gasteiger partial charge in [-0.25, -0.2) is 14.5 Å². The molecule has 1 heterocycles. The predicted molar refractivity (Wildman–Crippen MR) is 71.5 cm³/mol. The Morgan fingerprint density at radius 3 is 2.89 bits per heavy atom. The molecule has 0 bridgehead atoms. The molecular weight excluding hydrogens is 266 g/mol. The number of hydrogen-bond acceptors (Lipinski definition) is 4. The monoisotopic (exact) mass is 277 g/mol. The molecule has 2 rings (SSSR count). The third-order valence-electron chi connectivity index (χ3n) is 2.48. The molecule has 0 spiro atoms. The van der Waals surface area contributed by atoms with Crippen molar-refractivity contribution in [2.75, 3.05) is 7.11 Å². The molecule has 98 valence electrons. The minimum Gasteiger partial charge on any atom is -0.466 e. The van der Waals surface area contributed by atoms with E-state index in [0.717, 1.165) is 5.56 Å². The molecule has 0 radical (unpaired) electrons. The first-order valence-electron chi connectivity index (χ1n) is 5.56. The van der Waals surface area contributed by atoms with Crippen LogP contribution in [-0.2, 0) is 16.1 Å². The number of aromatic nitrogens is 3. The predicted octanol–water partition coefficient (Wildman–Crippen LogP) is 2.19. The highest BCUT2D eigenvalue weighted by atomic mass is 35.5. The molecule has 5 nitrogen and oxygen atoms in total. The van der Waals surface area contributed by atoms with E-state index in [-0.39, 0.29) is 6.54 Å². The average molecular weight is 278 g/mol. The number of carbonyl (C=O) groups excluding carboxylic acids is 1. The number of esters is 1. The van der Waals surface area contributed by atoms with E-state index in [1.807, 2.05) is 18.2 Å². The normalized spacial score (nSPS) is 11.4. The van der Waals surface area contributed by atoms with Crippen molar-refractivity contribution in [3.8, 4) is 0 Å². The summed E-state index contributed by atoms with van der Waals surface area (Å²) in [6, 6.07) is 7.27. The van der Waals surface area contributed by atoms with Gasteiger partial charge in [0.15, 0.2) is 0 Å². The number of methoxy groups -OCH3 is 1. The Morgan fingerprint density at radius 1 is 1.47 bits per heavy atom. The van der Waals surface area contributed by atoms with Gasteiger partial charge in [0.2, 0.25) is 0 Å². The zero-order valence-electron chi connectivity index (χ0n) is 10.3. The summed E-state index contributed by atoms with van der Waals surface area (Å²) in [6.45, 7) is 0.276. The topological polar surface area (TPSA) is 57.0 Å². The number of nitrogens with zero attached hydrogens (tertiary/aromatic N) is 3. The molecule has 1 aromatic carbocycles. The van der Waals surface area contributed by atoms with E-state index in [0.29, 0.717) is 10.6 Å². The van der Waals surface area contributed by atoms with Gasteiger partial charge in [-0.2, -0.15) is 5.10 Å². The number of halogens is 1. The van der Waals surface area contributed by atoms with Gasteiger partial charge >= 0.3 is 5.97 Å². The molecule has 6 heteroatoms. The Balaban J connectivity index is 2.32. The van der Waals surface area contributed by atoms with Gasteiger partial charge in [0.1, 0.15) is 12.7 Å². The lowest BCUT2D eigenvalue weighted by molar-refractivity contribution is -0.136. The lowest BCUT2D eigenvalue weighted by Crippen LogP contribution is -2.12. The van der Waals surface area contributed by atoms with Crippen molar-refractivity contribution in [1.82, 2.24) is 14.8 Å². The van der Waals surface area contributed by atoms with E-state index in [1.165, 1.54) is 19.8 Å². The molecule has 0 aliphatic rings. The summed E-state index contributed by atoms with van der Waals surface area (Å²) in [6.07, 6.45) is 4.63. The molecule has 1 aromatic heterocycles. The number of rotatable bonds is 4. The molecule has 0 aliphatic carbocycles. The van der Waals surface area contributed by atoms with Crippen LogP contribution in [-0.4, -0.2) is 27.8 Å². The first-order valence-corrected chi connectivity index (χ1v) is 5.94. The van der Waals surface area contributed by atoms with Crippen molar-refractivity contribution in [3.63, 3.8) is 0 Å². The van der Waals surface area contributed by atoms with Crippen molar-refractivity contribution >= 4 is 23.6 Å². The van der Waals surface area contributed by atoms with Crippen LogP contribution in [0.1, 0.15) is 5.56 Å². The van der Waals surface area contributed by atoms with E-state index >= 15 is 0 Å². The highest BCUT2D eigenvalue weighted by Gasteiger charge is 2.11. The number of hydrogen-bond donors (Lipinski definition) is 0. The first-order chi connectivity index (χ1) is 9.20. The summed E-state index contributed by atoms with van der Waals surface area (Å²) >= 11 is 6.07. The van der Waals surface area contributed by atoms with Gasteiger partial charge in [-0.05, 0) is 17.7 Å². The lowest BCUT2D eigenvalue weighted by atomic mass is 10.1. The first kappa shape index (κ1) is 13.3. The second-order valence-electron chi connectivity index (χ2n) is 3.78. The van der Waals surface area contributed by atoms with Crippen LogP contribution in [0.25, 0.3) is 6.08 Å². The standard InChI is InChI=1S/C13H12ClN3O2/c1-19-13(18)11(7-17-9-15-8-16-17)6-10-4-2-3-5-12(10)14/h2-6,8-9H,7H2,1H3/b11-6+.